The summed E-state index contributed by atoms with van der Waals surface area (Å²) in [5, 5.41) is 18.2. The number of aliphatic hydroxyl groups is 1. The molecule has 0 bridgehead atoms. The predicted molar refractivity (Wildman–Crippen MR) is 73.1 cm³/mol. The van der Waals surface area contributed by atoms with Crippen LogP contribution in [0.5, 0.6) is 11.5 Å². The first-order chi connectivity index (χ1) is 9.51. The Bertz CT molecular complexity index is 635. The van der Waals surface area contributed by atoms with Gasteiger partial charge in [-0.1, -0.05) is 12.1 Å². The Morgan fingerprint density at radius 1 is 1.25 bits per heavy atom. The third-order valence-corrected chi connectivity index (χ3v) is 2.84. The zero-order valence-corrected chi connectivity index (χ0v) is 11.3. The molecule has 20 heavy (non-hydrogen) atoms. The summed E-state index contributed by atoms with van der Waals surface area (Å²) in [6.45, 7) is 3.37. The summed E-state index contributed by atoms with van der Waals surface area (Å²) in [7, 11) is 0. The van der Waals surface area contributed by atoms with Gasteiger partial charge in [0.1, 0.15) is 17.1 Å². The molecular weight excluding hydrogens is 258 g/mol. The molecule has 0 aliphatic heterocycles. The first-order valence-electron chi connectivity index (χ1n) is 6.10. The zero-order chi connectivity index (χ0) is 14.7. The molecule has 5 heteroatoms. The Labute approximate surface area is 116 Å². The molecule has 104 valence electrons. The van der Waals surface area contributed by atoms with E-state index in [2.05, 4.69) is 4.98 Å². The fourth-order valence-corrected chi connectivity index (χ4v) is 1.92. The van der Waals surface area contributed by atoms with Crippen molar-refractivity contribution in [1.82, 2.24) is 4.98 Å². The van der Waals surface area contributed by atoms with Gasteiger partial charge in [0.05, 0.1) is 12.3 Å². The molecule has 5 nitrogen and oxygen atoms in total. The van der Waals surface area contributed by atoms with Crippen LogP contribution < -0.4 is 4.74 Å². The summed E-state index contributed by atoms with van der Waals surface area (Å²) in [5.41, 5.74) is 1.92. The van der Waals surface area contributed by atoms with Gasteiger partial charge in [-0.05, 0) is 31.5 Å². The number of carboxylic acids is 1. The van der Waals surface area contributed by atoms with E-state index < -0.39 is 5.97 Å². The Hall–Kier alpha value is -2.40. The van der Waals surface area contributed by atoms with Gasteiger partial charge in [0.15, 0.2) is 0 Å². The van der Waals surface area contributed by atoms with Gasteiger partial charge in [-0.25, -0.2) is 4.79 Å². The molecule has 1 heterocycles. The highest BCUT2D eigenvalue weighted by Gasteiger charge is 2.17. The molecule has 0 saturated heterocycles. The Balaban J connectivity index is 2.39. The van der Waals surface area contributed by atoms with E-state index in [1.807, 2.05) is 0 Å². The van der Waals surface area contributed by atoms with Gasteiger partial charge in [0, 0.05) is 11.8 Å². The van der Waals surface area contributed by atoms with Crippen LogP contribution in [0.2, 0.25) is 0 Å². The number of pyridine rings is 1. The van der Waals surface area contributed by atoms with E-state index in [0.717, 1.165) is 5.56 Å². The minimum absolute atomic E-state index is 0.0475. The van der Waals surface area contributed by atoms with Crippen LogP contribution in [0.4, 0.5) is 0 Å². The Kier molecular flexibility index (Phi) is 4.00. The Morgan fingerprint density at radius 2 is 1.90 bits per heavy atom. The normalized spacial score (nSPS) is 10.3. The van der Waals surface area contributed by atoms with Crippen LogP contribution in [0.3, 0.4) is 0 Å². The highest BCUT2D eigenvalue weighted by Crippen LogP contribution is 2.28. The number of aryl methyl sites for hydroxylation is 2. The maximum atomic E-state index is 11.3. The van der Waals surface area contributed by atoms with Crippen molar-refractivity contribution in [1.29, 1.82) is 0 Å². The molecule has 0 amide bonds. The number of hydrogen-bond acceptors (Lipinski definition) is 4. The number of aromatic nitrogens is 1. The third-order valence-electron chi connectivity index (χ3n) is 2.84. The van der Waals surface area contributed by atoms with E-state index in [4.69, 9.17) is 9.84 Å². The van der Waals surface area contributed by atoms with Crippen molar-refractivity contribution in [2.45, 2.75) is 20.5 Å². The van der Waals surface area contributed by atoms with Crippen LogP contribution in [0.1, 0.15) is 27.3 Å². The van der Waals surface area contributed by atoms with Crippen molar-refractivity contribution in [2.24, 2.45) is 0 Å². The van der Waals surface area contributed by atoms with Crippen LogP contribution in [-0.2, 0) is 6.61 Å². The fraction of sp³-hybridized carbons (Fsp3) is 0.200. The van der Waals surface area contributed by atoms with Crippen molar-refractivity contribution in [3.8, 4) is 11.5 Å². The van der Waals surface area contributed by atoms with Crippen LogP contribution in [0, 0.1) is 13.8 Å². The molecule has 0 spiro atoms. The summed E-state index contributed by atoms with van der Waals surface area (Å²) in [5.74, 6) is -0.300. The van der Waals surface area contributed by atoms with Crippen LogP contribution in [0.25, 0.3) is 0 Å². The third kappa shape index (κ3) is 2.95. The highest BCUT2D eigenvalue weighted by molar-refractivity contribution is 5.92. The molecule has 0 radical (unpaired) electrons. The molecule has 0 fully saturated rings. The molecule has 0 saturated carbocycles. The summed E-state index contributed by atoms with van der Waals surface area (Å²) in [6.07, 6.45) is 0. The van der Waals surface area contributed by atoms with Crippen LogP contribution >= 0.6 is 0 Å². The predicted octanol–water partition coefficient (Wildman–Crippen LogP) is 2.68. The van der Waals surface area contributed by atoms with E-state index >= 15 is 0 Å². The topological polar surface area (TPSA) is 79.7 Å². The number of nitrogens with zero attached hydrogens (tertiary/aromatic N) is 1. The van der Waals surface area contributed by atoms with Crippen molar-refractivity contribution in [3.05, 3.63) is 52.8 Å². The van der Waals surface area contributed by atoms with E-state index in [0.29, 0.717) is 17.1 Å². The second-order valence-electron chi connectivity index (χ2n) is 4.43. The lowest BCUT2D eigenvalue weighted by molar-refractivity contribution is 0.0692. The molecule has 2 aromatic rings. The van der Waals surface area contributed by atoms with Gasteiger partial charge in [-0.15, -0.1) is 0 Å². The summed E-state index contributed by atoms with van der Waals surface area (Å²) < 4.78 is 5.63. The van der Waals surface area contributed by atoms with Crippen molar-refractivity contribution in [2.75, 3.05) is 0 Å². The van der Waals surface area contributed by atoms with Crippen molar-refractivity contribution >= 4 is 5.97 Å². The highest BCUT2D eigenvalue weighted by atomic mass is 16.5. The first-order valence-corrected chi connectivity index (χ1v) is 6.10. The molecule has 0 atom stereocenters. The van der Waals surface area contributed by atoms with E-state index in [-0.39, 0.29) is 17.9 Å². The number of aliphatic hydroxyl groups excluding tert-OH is 1. The fourth-order valence-electron chi connectivity index (χ4n) is 1.92. The lowest BCUT2D eigenvalue weighted by Gasteiger charge is -2.11. The zero-order valence-electron chi connectivity index (χ0n) is 11.3. The summed E-state index contributed by atoms with van der Waals surface area (Å²) >= 11 is 0. The van der Waals surface area contributed by atoms with E-state index in [9.17, 15) is 9.90 Å². The average Bonchev–Trinajstić information content (AvgIpc) is 2.38. The number of rotatable bonds is 4. The van der Waals surface area contributed by atoms with Gasteiger partial charge in [0.2, 0.25) is 0 Å². The number of benzene rings is 1. The van der Waals surface area contributed by atoms with Crippen LogP contribution in [0.15, 0.2) is 30.3 Å². The Morgan fingerprint density at radius 3 is 2.45 bits per heavy atom. The number of ether oxygens (including phenoxy) is 1. The maximum Gasteiger partial charge on any atom is 0.341 e. The molecule has 2 N–H and O–H groups in total. The number of carbonyl (C=O) groups is 1. The first kappa shape index (κ1) is 14.0. The number of aromatic carboxylic acids is 1. The second kappa shape index (κ2) is 5.71. The minimum Gasteiger partial charge on any atom is -0.477 e. The van der Waals surface area contributed by atoms with Gasteiger partial charge in [0.25, 0.3) is 0 Å². The van der Waals surface area contributed by atoms with E-state index in [1.165, 1.54) is 0 Å². The van der Waals surface area contributed by atoms with Gasteiger partial charge < -0.3 is 14.9 Å². The molecule has 1 aromatic carbocycles. The molecular formula is C15H15NO4. The lowest BCUT2D eigenvalue weighted by Crippen LogP contribution is -2.06. The quantitative estimate of drug-likeness (QED) is 0.895. The van der Waals surface area contributed by atoms with Gasteiger partial charge in [-0.2, -0.15) is 0 Å². The van der Waals surface area contributed by atoms with E-state index in [1.54, 1.807) is 44.2 Å². The lowest BCUT2D eigenvalue weighted by atomic mass is 10.1. The van der Waals surface area contributed by atoms with Gasteiger partial charge >= 0.3 is 5.97 Å². The monoisotopic (exact) mass is 273 g/mol. The summed E-state index contributed by atoms with van der Waals surface area (Å²) in [4.78, 5) is 15.4. The van der Waals surface area contributed by atoms with Crippen LogP contribution in [-0.4, -0.2) is 21.2 Å². The SMILES string of the molecule is Cc1cc(Oc2ccc(CO)cc2)c(C(=O)O)c(C)n1. The molecule has 0 unspecified atom stereocenters. The smallest absolute Gasteiger partial charge is 0.341 e. The average molecular weight is 273 g/mol. The number of carboxylic acid groups (broad SMARTS) is 1. The largest absolute Gasteiger partial charge is 0.477 e. The van der Waals surface area contributed by atoms with Crippen molar-refractivity contribution < 1.29 is 19.7 Å². The standard InChI is InChI=1S/C15H15NO4/c1-9-7-13(14(15(18)19)10(2)16-9)20-12-5-3-11(8-17)4-6-12/h3-7,17H,8H2,1-2H3,(H,18,19). The number of hydrogen-bond donors (Lipinski definition) is 2. The minimum atomic E-state index is -1.07. The molecule has 1 aromatic heterocycles. The van der Waals surface area contributed by atoms with Gasteiger partial charge in [-0.3, -0.25) is 4.98 Å². The van der Waals surface area contributed by atoms with Crippen molar-refractivity contribution in [3.63, 3.8) is 0 Å². The summed E-state index contributed by atoms with van der Waals surface area (Å²) in [6, 6.07) is 8.40. The molecule has 0 aliphatic carbocycles. The molecule has 0 aliphatic rings. The second-order valence-corrected chi connectivity index (χ2v) is 4.43. The molecule has 2 rings (SSSR count). The maximum absolute atomic E-state index is 11.3.